The number of nitrogens with one attached hydrogen (secondary N) is 1. The van der Waals surface area contributed by atoms with Crippen molar-refractivity contribution in [1.29, 1.82) is 0 Å². The van der Waals surface area contributed by atoms with Gasteiger partial charge in [0.25, 0.3) is 0 Å². The first-order valence-corrected chi connectivity index (χ1v) is 9.44. The summed E-state index contributed by atoms with van der Waals surface area (Å²) in [6, 6.07) is 19.1. The average Bonchev–Trinajstić information content (AvgIpc) is 2.62. The SMILES string of the molecule is O=S(=O)(NCCCOc1ccccc1)c1ccc(O)c2ccccc12. The van der Waals surface area contributed by atoms with Gasteiger partial charge in [0.2, 0.25) is 10.0 Å². The molecule has 0 radical (unpaired) electrons. The highest BCUT2D eigenvalue weighted by atomic mass is 32.2. The Hall–Kier alpha value is -2.57. The standard InChI is InChI=1S/C19H19NO4S/c21-18-11-12-19(17-10-5-4-9-16(17)18)25(22,23)20-13-6-14-24-15-7-2-1-3-8-15/h1-5,7-12,20-21H,6,13-14H2. The van der Waals surface area contributed by atoms with Crippen LogP contribution in [0.5, 0.6) is 11.5 Å². The van der Waals surface area contributed by atoms with Gasteiger partial charge in [-0.3, -0.25) is 0 Å². The van der Waals surface area contributed by atoms with Crippen molar-refractivity contribution < 1.29 is 18.3 Å². The van der Waals surface area contributed by atoms with Crippen molar-refractivity contribution in [3.8, 4) is 11.5 Å². The van der Waals surface area contributed by atoms with E-state index in [0.29, 0.717) is 23.8 Å². The lowest BCUT2D eigenvalue weighted by Gasteiger charge is -2.11. The molecule has 0 heterocycles. The highest BCUT2D eigenvalue weighted by Gasteiger charge is 2.17. The Morgan fingerprint density at radius 3 is 2.32 bits per heavy atom. The molecule has 0 spiro atoms. The fourth-order valence-corrected chi connectivity index (χ4v) is 3.84. The third-order valence-corrected chi connectivity index (χ3v) is 5.29. The number of hydrogen-bond donors (Lipinski definition) is 2. The van der Waals surface area contributed by atoms with Crippen LogP contribution in [0.25, 0.3) is 10.8 Å². The van der Waals surface area contributed by atoms with E-state index in [-0.39, 0.29) is 17.2 Å². The maximum Gasteiger partial charge on any atom is 0.241 e. The highest BCUT2D eigenvalue weighted by molar-refractivity contribution is 7.89. The van der Waals surface area contributed by atoms with Crippen LogP contribution in [0.3, 0.4) is 0 Å². The molecule has 0 aliphatic rings. The molecule has 0 amide bonds. The molecule has 5 nitrogen and oxygen atoms in total. The van der Waals surface area contributed by atoms with Gasteiger partial charge in [0.1, 0.15) is 11.5 Å². The summed E-state index contributed by atoms with van der Waals surface area (Å²) in [6.45, 7) is 0.688. The Balaban J connectivity index is 1.64. The fourth-order valence-electron chi connectivity index (χ4n) is 2.55. The minimum Gasteiger partial charge on any atom is -0.507 e. The summed E-state index contributed by atoms with van der Waals surface area (Å²) in [6.07, 6.45) is 0.546. The number of rotatable bonds is 7. The van der Waals surface area contributed by atoms with Crippen LogP contribution < -0.4 is 9.46 Å². The van der Waals surface area contributed by atoms with E-state index < -0.39 is 10.0 Å². The number of fused-ring (bicyclic) bond motifs is 1. The molecule has 3 aromatic carbocycles. The van der Waals surface area contributed by atoms with Gasteiger partial charge < -0.3 is 9.84 Å². The van der Waals surface area contributed by atoms with Gasteiger partial charge >= 0.3 is 0 Å². The maximum absolute atomic E-state index is 12.6. The molecule has 0 fully saturated rings. The number of benzene rings is 3. The van der Waals surface area contributed by atoms with Gasteiger partial charge in [-0.05, 0) is 30.7 Å². The normalized spacial score (nSPS) is 11.5. The molecule has 0 aliphatic carbocycles. The zero-order valence-electron chi connectivity index (χ0n) is 13.6. The molecule has 25 heavy (non-hydrogen) atoms. The Kier molecular flexibility index (Phi) is 5.21. The lowest BCUT2D eigenvalue weighted by atomic mass is 10.1. The summed E-state index contributed by atoms with van der Waals surface area (Å²) in [4.78, 5) is 0.157. The van der Waals surface area contributed by atoms with Crippen LogP contribution in [0.1, 0.15) is 6.42 Å². The van der Waals surface area contributed by atoms with Gasteiger partial charge in [-0.1, -0.05) is 42.5 Å². The molecular formula is C19H19NO4S. The predicted molar refractivity (Wildman–Crippen MR) is 97.4 cm³/mol. The monoisotopic (exact) mass is 357 g/mol. The number of phenolic OH excluding ortho intramolecular Hbond substituents is 1. The van der Waals surface area contributed by atoms with Crippen molar-refractivity contribution in [2.24, 2.45) is 0 Å². The van der Waals surface area contributed by atoms with Crippen molar-refractivity contribution in [3.63, 3.8) is 0 Å². The highest BCUT2D eigenvalue weighted by Crippen LogP contribution is 2.29. The fraction of sp³-hybridized carbons (Fsp3) is 0.158. The van der Waals surface area contributed by atoms with Crippen LogP contribution in [0.4, 0.5) is 0 Å². The minimum atomic E-state index is -3.67. The van der Waals surface area contributed by atoms with Gasteiger partial charge in [0, 0.05) is 17.3 Å². The second kappa shape index (κ2) is 7.55. The Labute approximate surface area is 146 Å². The third-order valence-electron chi connectivity index (χ3n) is 3.78. The number of hydrogen-bond acceptors (Lipinski definition) is 4. The number of phenols is 1. The number of ether oxygens (including phenoxy) is 1. The van der Waals surface area contributed by atoms with Crippen molar-refractivity contribution in [2.75, 3.05) is 13.2 Å². The van der Waals surface area contributed by atoms with Crippen molar-refractivity contribution in [3.05, 3.63) is 66.7 Å². The molecule has 2 N–H and O–H groups in total. The van der Waals surface area contributed by atoms with Gasteiger partial charge in [-0.2, -0.15) is 0 Å². The number of para-hydroxylation sites is 1. The molecule has 3 rings (SSSR count). The smallest absolute Gasteiger partial charge is 0.241 e. The summed E-state index contributed by atoms with van der Waals surface area (Å²) in [5.74, 6) is 0.820. The molecule has 6 heteroatoms. The van der Waals surface area contributed by atoms with Crippen LogP contribution in [-0.4, -0.2) is 26.7 Å². The Bertz CT molecular complexity index is 956. The van der Waals surface area contributed by atoms with Crippen molar-refractivity contribution in [1.82, 2.24) is 4.72 Å². The van der Waals surface area contributed by atoms with Crippen molar-refractivity contribution >= 4 is 20.8 Å². The third kappa shape index (κ3) is 4.10. The summed E-state index contributed by atoms with van der Waals surface area (Å²) < 4.78 is 33.2. The maximum atomic E-state index is 12.6. The topological polar surface area (TPSA) is 75.6 Å². The Morgan fingerprint density at radius 1 is 0.880 bits per heavy atom. The molecule has 0 bridgehead atoms. The zero-order valence-corrected chi connectivity index (χ0v) is 14.4. The largest absolute Gasteiger partial charge is 0.507 e. The van der Waals surface area contributed by atoms with Crippen LogP contribution in [0, 0.1) is 0 Å². The lowest BCUT2D eigenvalue weighted by molar-refractivity contribution is 0.311. The molecule has 0 aliphatic heterocycles. The predicted octanol–water partition coefficient (Wildman–Crippen LogP) is 3.29. The van der Waals surface area contributed by atoms with Gasteiger partial charge in [-0.15, -0.1) is 0 Å². The molecule has 0 unspecified atom stereocenters. The molecule has 130 valence electrons. The average molecular weight is 357 g/mol. The van der Waals surface area contributed by atoms with E-state index in [9.17, 15) is 13.5 Å². The van der Waals surface area contributed by atoms with E-state index in [1.807, 2.05) is 30.3 Å². The molecule has 0 atom stereocenters. The van der Waals surface area contributed by atoms with E-state index in [4.69, 9.17) is 4.74 Å². The summed E-state index contributed by atoms with van der Waals surface area (Å²) in [5, 5.41) is 10.9. The summed E-state index contributed by atoms with van der Waals surface area (Å²) in [7, 11) is -3.67. The first-order valence-electron chi connectivity index (χ1n) is 7.96. The summed E-state index contributed by atoms with van der Waals surface area (Å²) >= 11 is 0. The first kappa shape index (κ1) is 17.3. The Morgan fingerprint density at radius 2 is 1.56 bits per heavy atom. The number of sulfonamides is 1. The van der Waals surface area contributed by atoms with Crippen LogP contribution >= 0.6 is 0 Å². The molecular weight excluding hydrogens is 338 g/mol. The molecule has 0 saturated heterocycles. The van der Waals surface area contributed by atoms with Crippen LogP contribution in [-0.2, 0) is 10.0 Å². The molecule has 3 aromatic rings. The zero-order chi connectivity index (χ0) is 17.7. The lowest BCUT2D eigenvalue weighted by Crippen LogP contribution is -2.26. The van der Waals surface area contributed by atoms with Crippen LogP contribution in [0.2, 0.25) is 0 Å². The van der Waals surface area contributed by atoms with E-state index in [1.54, 1.807) is 24.3 Å². The second-order valence-electron chi connectivity index (χ2n) is 5.54. The summed E-state index contributed by atoms with van der Waals surface area (Å²) in [5.41, 5.74) is 0. The van der Waals surface area contributed by atoms with Crippen molar-refractivity contribution in [2.45, 2.75) is 11.3 Å². The first-order chi connectivity index (χ1) is 12.1. The van der Waals surface area contributed by atoms with Gasteiger partial charge in [-0.25, -0.2) is 13.1 Å². The van der Waals surface area contributed by atoms with E-state index in [1.165, 1.54) is 12.1 Å². The van der Waals surface area contributed by atoms with Gasteiger partial charge in [0.15, 0.2) is 0 Å². The second-order valence-corrected chi connectivity index (χ2v) is 7.28. The molecule has 0 saturated carbocycles. The number of aromatic hydroxyl groups is 1. The van der Waals surface area contributed by atoms with E-state index >= 15 is 0 Å². The van der Waals surface area contributed by atoms with E-state index in [2.05, 4.69) is 4.72 Å². The molecule has 0 aromatic heterocycles. The quantitative estimate of drug-likeness (QED) is 0.636. The minimum absolute atomic E-state index is 0.0609. The van der Waals surface area contributed by atoms with Crippen LogP contribution in [0.15, 0.2) is 71.6 Å². The van der Waals surface area contributed by atoms with E-state index in [0.717, 1.165) is 5.75 Å². The van der Waals surface area contributed by atoms with Gasteiger partial charge in [0.05, 0.1) is 11.5 Å².